The second kappa shape index (κ2) is 7.56. The first-order valence-corrected chi connectivity index (χ1v) is 10.8. The van der Waals surface area contributed by atoms with Crippen molar-refractivity contribution in [2.75, 3.05) is 13.1 Å². The Morgan fingerprint density at radius 1 is 1.27 bits per heavy atom. The summed E-state index contributed by atoms with van der Waals surface area (Å²) in [7, 11) is -1.31. The van der Waals surface area contributed by atoms with E-state index in [0.29, 0.717) is 38.4 Å². The Bertz CT molecular complexity index is 746. The maximum atomic E-state index is 12.2. The van der Waals surface area contributed by atoms with Gasteiger partial charge in [-0.25, -0.2) is 17.5 Å². The topological polar surface area (TPSA) is 96.3 Å². The first-order chi connectivity index (χ1) is 12.3. The second-order valence-corrected chi connectivity index (χ2v) is 10.0. The highest BCUT2D eigenvalue weighted by atomic mass is 32.2. The van der Waals surface area contributed by atoms with E-state index in [-0.39, 0.29) is 12.1 Å². The van der Waals surface area contributed by atoms with Crippen molar-refractivity contribution in [2.45, 2.75) is 63.3 Å². The van der Waals surface area contributed by atoms with Gasteiger partial charge in [-0.3, -0.25) is 4.68 Å². The van der Waals surface area contributed by atoms with E-state index in [1.165, 1.54) is 22.7 Å². The average molecular weight is 384 g/mol. The summed E-state index contributed by atoms with van der Waals surface area (Å²) in [5.74, 6) is 0.593. The molecule has 0 aromatic carbocycles. The molecular formula is C17H29N5O3S. The largest absolute Gasteiger partial charge is 0.335 e. The van der Waals surface area contributed by atoms with Crippen molar-refractivity contribution in [2.24, 2.45) is 7.05 Å². The van der Waals surface area contributed by atoms with Crippen LogP contribution in [0.4, 0.5) is 4.79 Å². The average Bonchev–Trinajstić information content (AvgIpc) is 3.37. The highest BCUT2D eigenvalue weighted by Crippen LogP contribution is 2.41. The van der Waals surface area contributed by atoms with Crippen LogP contribution in [0.5, 0.6) is 0 Å². The molecule has 3 rings (SSSR count). The smallest absolute Gasteiger partial charge is 0.315 e. The molecule has 2 heterocycles. The fraction of sp³-hybridized carbons (Fsp3) is 0.765. The predicted octanol–water partition coefficient (Wildman–Crippen LogP) is 1.30. The zero-order chi connectivity index (χ0) is 18.9. The molecule has 8 nitrogen and oxygen atoms in total. The Balaban J connectivity index is 1.46. The first kappa shape index (κ1) is 19.2. The molecule has 146 valence electrons. The SMILES string of the molecule is CC(C)S(=O)(=O)N1CCC(NC(=O)NCc2c(C3CC3)cnn2C)CC1. The number of amides is 2. The number of urea groups is 1. The van der Waals surface area contributed by atoms with E-state index in [9.17, 15) is 13.2 Å². The van der Waals surface area contributed by atoms with Crippen LogP contribution in [0.15, 0.2) is 6.20 Å². The van der Waals surface area contributed by atoms with E-state index in [2.05, 4.69) is 15.7 Å². The number of nitrogens with zero attached hydrogens (tertiary/aromatic N) is 3. The van der Waals surface area contributed by atoms with E-state index < -0.39 is 15.3 Å². The van der Waals surface area contributed by atoms with E-state index >= 15 is 0 Å². The van der Waals surface area contributed by atoms with Crippen molar-refractivity contribution in [1.82, 2.24) is 24.7 Å². The van der Waals surface area contributed by atoms with Gasteiger partial charge < -0.3 is 10.6 Å². The Labute approximate surface area is 155 Å². The monoisotopic (exact) mass is 383 g/mol. The fourth-order valence-electron chi connectivity index (χ4n) is 3.38. The van der Waals surface area contributed by atoms with Crippen LogP contribution in [-0.2, 0) is 23.6 Å². The third-order valence-corrected chi connectivity index (χ3v) is 7.55. The van der Waals surface area contributed by atoms with Crippen LogP contribution in [0.25, 0.3) is 0 Å². The molecule has 26 heavy (non-hydrogen) atoms. The number of aromatic nitrogens is 2. The standard InChI is InChI=1S/C17H29N5O3S/c1-12(2)26(24,25)22-8-6-14(7-9-22)20-17(23)18-11-16-15(13-4-5-13)10-19-21(16)3/h10,12-14H,4-9,11H2,1-3H3,(H2,18,20,23). The summed E-state index contributed by atoms with van der Waals surface area (Å²) in [5.41, 5.74) is 2.29. The van der Waals surface area contributed by atoms with Gasteiger partial charge in [-0.2, -0.15) is 5.10 Å². The van der Waals surface area contributed by atoms with Gasteiger partial charge in [0, 0.05) is 26.2 Å². The van der Waals surface area contributed by atoms with Crippen LogP contribution < -0.4 is 10.6 Å². The zero-order valence-corrected chi connectivity index (χ0v) is 16.6. The van der Waals surface area contributed by atoms with Crippen molar-refractivity contribution in [3.05, 3.63) is 17.5 Å². The first-order valence-electron chi connectivity index (χ1n) is 9.33. The van der Waals surface area contributed by atoms with Crippen LogP contribution in [0, 0.1) is 0 Å². The second-order valence-electron chi connectivity index (χ2n) is 7.54. The fourth-order valence-corrected chi connectivity index (χ4v) is 4.70. The predicted molar refractivity (Wildman–Crippen MR) is 99.2 cm³/mol. The maximum Gasteiger partial charge on any atom is 0.315 e. The third kappa shape index (κ3) is 4.20. The summed E-state index contributed by atoms with van der Waals surface area (Å²) in [5, 5.41) is 9.77. The molecule has 1 aromatic heterocycles. The number of piperidine rings is 1. The van der Waals surface area contributed by atoms with Crippen LogP contribution in [0.1, 0.15) is 56.7 Å². The summed E-state index contributed by atoms with van der Waals surface area (Å²) in [4.78, 5) is 12.2. The summed E-state index contributed by atoms with van der Waals surface area (Å²) in [6.45, 7) is 4.76. The van der Waals surface area contributed by atoms with E-state index in [4.69, 9.17) is 0 Å². The van der Waals surface area contributed by atoms with Crippen LogP contribution in [0.3, 0.4) is 0 Å². The normalized spacial score (nSPS) is 19.7. The molecule has 9 heteroatoms. The number of nitrogens with one attached hydrogen (secondary N) is 2. The van der Waals surface area contributed by atoms with Crippen molar-refractivity contribution in [1.29, 1.82) is 0 Å². The van der Waals surface area contributed by atoms with E-state index in [0.717, 1.165) is 5.69 Å². The quantitative estimate of drug-likeness (QED) is 0.774. The van der Waals surface area contributed by atoms with Crippen molar-refractivity contribution >= 4 is 16.1 Å². The van der Waals surface area contributed by atoms with E-state index in [1.807, 2.05) is 17.9 Å². The number of aryl methyl sites for hydroxylation is 1. The van der Waals surface area contributed by atoms with Crippen LogP contribution in [-0.4, -0.2) is 52.9 Å². The highest BCUT2D eigenvalue weighted by molar-refractivity contribution is 7.89. The Morgan fingerprint density at radius 2 is 1.92 bits per heavy atom. The lowest BCUT2D eigenvalue weighted by molar-refractivity contribution is 0.227. The highest BCUT2D eigenvalue weighted by Gasteiger charge is 2.31. The Hall–Kier alpha value is -1.61. The molecule has 1 saturated carbocycles. The maximum absolute atomic E-state index is 12.2. The van der Waals surface area contributed by atoms with Crippen molar-refractivity contribution in [3.63, 3.8) is 0 Å². The molecule has 2 N–H and O–H groups in total. The zero-order valence-electron chi connectivity index (χ0n) is 15.7. The molecule has 1 aromatic rings. The lowest BCUT2D eigenvalue weighted by Gasteiger charge is -2.32. The number of carbonyl (C=O) groups excluding carboxylic acids is 1. The molecule has 0 unspecified atom stereocenters. The number of hydrogen-bond acceptors (Lipinski definition) is 4. The van der Waals surface area contributed by atoms with Gasteiger partial charge in [-0.1, -0.05) is 0 Å². The molecule has 1 saturated heterocycles. The Morgan fingerprint density at radius 3 is 2.50 bits per heavy atom. The minimum absolute atomic E-state index is 0.00283. The number of carbonyl (C=O) groups is 1. The molecule has 0 atom stereocenters. The summed E-state index contributed by atoms with van der Waals surface area (Å²) >= 11 is 0. The van der Waals surface area contributed by atoms with Gasteiger partial charge in [0.2, 0.25) is 10.0 Å². The van der Waals surface area contributed by atoms with Gasteiger partial charge in [0.15, 0.2) is 0 Å². The van der Waals surface area contributed by atoms with Gasteiger partial charge >= 0.3 is 6.03 Å². The third-order valence-electron chi connectivity index (χ3n) is 5.27. The number of rotatable bonds is 6. The molecule has 0 radical (unpaired) electrons. The summed E-state index contributed by atoms with van der Waals surface area (Å²) in [6, 6.07) is -0.207. The lowest BCUT2D eigenvalue weighted by Crippen LogP contribution is -2.50. The molecular weight excluding hydrogens is 354 g/mol. The van der Waals surface area contributed by atoms with Gasteiger partial charge in [0.1, 0.15) is 0 Å². The van der Waals surface area contributed by atoms with E-state index in [1.54, 1.807) is 13.8 Å². The Kier molecular flexibility index (Phi) is 5.57. The molecule has 0 bridgehead atoms. The van der Waals surface area contributed by atoms with Crippen LogP contribution in [0.2, 0.25) is 0 Å². The molecule has 2 amide bonds. The van der Waals surface area contributed by atoms with Gasteiger partial charge in [-0.05, 0) is 51.0 Å². The van der Waals surface area contributed by atoms with Gasteiger partial charge in [0.25, 0.3) is 0 Å². The summed E-state index contributed by atoms with van der Waals surface area (Å²) in [6.07, 6.45) is 5.57. The minimum atomic E-state index is -3.21. The molecule has 0 spiro atoms. The number of hydrogen-bond donors (Lipinski definition) is 2. The van der Waals surface area contributed by atoms with Crippen molar-refractivity contribution < 1.29 is 13.2 Å². The van der Waals surface area contributed by atoms with Crippen LogP contribution >= 0.6 is 0 Å². The minimum Gasteiger partial charge on any atom is -0.335 e. The van der Waals surface area contributed by atoms with Crippen molar-refractivity contribution in [3.8, 4) is 0 Å². The molecule has 2 fully saturated rings. The molecule has 1 aliphatic heterocycles. The number of sulfonamides is 1. The van der Waals surface area contributed by atoms with Gasteiger partial charge in [-0.15, -0.1) is 0 Å². The molecule has 1 aliphatic carbocycles. The molecule has 2 aliphatic rings. The van der Waals surface area contributed by atoms with Gasteiger partial charge in [0.05, 0.1) is 23.7 Å². The lowest BCUT2D eigenvalue weighted by atomic mass is 10.1. The summed E-state index contributed by atoms with van der Waals surface area (Å²) < 4.78 is 27.7.